The fourth-order valence-corrected chi connectivity index (χ4v) is 6.65. The number of rotatable bonds is 6. The highest BCUT2D eigenvalue weighted by Gasteiger charge is 2.45. The van der Waals surface area contributed by atoms with E-state index in [1.54, 1.807) is 0 Å². The van der Waals surface area contributed by atoms with Gasteiger partial charge in [-0.05, 0) is 26.0 Å². The molecule has 6 heteroatoms. The molecule has 0 spiro atoms. The summed E-state index contributed by atoms with van der Waals surface area (Å²) < 4.78 is 24.5. The zero-order valence-corrected chi connectivity index (χ0v) is 16.7. The molecule has 1 aromatic carbocycles. The van der Waals surface area contributed by atoms with Gasteiger partial charge in [-0.25, -0.2) is 8.42 Å². The molecule has 2 heterocycles. The lowest BCUT2D eigenvalue weighted by Crippen LogP contribution is -2.59. The molecule has 25 heavy (non-hydrogen) atoms. The molecule has 2 aliphatic heterocycles. The van der Waals surface area contributed by atoms with Crippen molar-refractivity contribution in [2.24, 2.45) is 0 Å². The lowest BCUT2D eigenvalue weighted by molar-refractivity contribution is 0.0577. The minimum Gasteiger partial charge on any atom is -0.296 e. The van der Waals surface area contributed by atoms with E-state index in [1.807, 2.05) is 17.8 Å². The second kappa shape index (κ2) is 8.25. The van der Waals surface area contributed by atoms with E-state index in [4.69, 9.17) is 0 Å². The van der Waals surface area contributed by atoms with Gasteiger partial charge in [0.25, 0.3) is 0 Å². The lowest BCUT2D eigenvalue weighted by Gasteiger charge is -2.43. The Bertz CT molecular complexity index is 699. The summed E-state index contributed by atoms with van der Waals surface area (Å²) in [5.41, 5.74) is 1.29. The van der Waals surface area contributed by atoms with E-state index in [2.05, 4.69) is 54.0 Å². The van der Waals surface area contributed by atoms with Crippen LogP contribution < -0.4 is 0 Å². The Balaban J connectivity index is 1.61. The molecule has 4 nitrogen and oxygen atoms in total. The average molecular weight is 381 g/mol. The fraction of sp³-hybridized carbons (Fsp3) is 0.579. The molecule has 2 atom stereocenters. The van der Waals surface area contributed by atoms with Gasteiger partial charge in [-0.1, -0.05) is 29.8 Å². The van der Waals surface area contributed by atoms with Crippen LogP contribution in [-0.2, 0) is 9.84 Å². The van der Waals surface area contributed by atoms with Crippen LogP contribution in [0.1, 0.15) is 13.8 Å². The maximum absolute atomic E-state index is 12.2. The second-order valence-electron chi connectivity index (χ2n) is 7.19. The molecule has 2 saturated heterocycles. The Hall–Kier alpha value is -0.820. The number of piperazine rings is 1. The number of benzene rings is 1. The number of sulfone groups is 1. The Morgan fingerprint density at radius 1 is 1.12 bits per heavy atom. The molecule has 0 radical (unpaired) electrons. The van der Waals surface area contributed by atoms with Gasteiger partial charge in [0.1, 0.15) is 0 Å². The Labute approximate surface area is 156 Å². The molecular weight excluding hydrogens is 352 g/mol. The van der Waals surface area contributed by atoms with Crippen LogP contribution in [0.15, 0.2) is 46.9 Å². The third-order valence-electron chi connectivity index (χ3n) is 5.03. The van der Waals surface area contributed by atoms with Crippen molar-refractivity contribution in [2.75, 3.05) is 43.4 Å². The van der Waals surface area contributed by atoms with Crippen LogP contribution >= 0.6 is 11.8 Å². The van der Waals surface area contributed by atoms with Crippen LogP contribution in [0.2, 0.25) is 0 Å². The summed E-state index contributed by atoms with van der Waals surface area (Å²) >= 11 is 1.85. The van der Waals surface area contributed by atoms with E-state index in [0.717, 1.165) is 31.9 Å². The minimum atomic E-state index is -2.92. The van der Waals surface area contributed by atoms with E-state index in [1.165, 1.54) is 10.5 Å². The number of hydrogen-bond donors (Lipinski definition) is 0. The van der Waals surface area contributed by atoms with Gasteiger partial charge in [0, 0.05) is 48.9 Å². The molecule has 0 aliphatic carbocycles. The first-order valence-electron chi connectivity index (χ1n) is 8.94. The van der Waals surface area contributed by atoms with Gasteiger partial charge in [0.05, 0.1) is 11.5 Å². The summed E-state index contributed by atoms with van der Waals surface area (Å²) in [6, 6.07) is 10.7. The number of hydrogen-bond acceptors (Lipinski definition) is 5. The highest BCUT2D eigenvalue weighted by molar-refractivity contribution is 7.99. The first-order valence-corrected chi connectivity index (χ1v) is 11.7. The number of nitrogens with zero attached hydrogens (tertiary/aromatic N) is 2. The van der Waals surface area contributed by atoms with Gasteiger partial charge in [-0.2, -0.15) is 0 Å². The van der Waals surface area contributed by atoms with Crippen molar-refractivity contribution in [3.05, 3.63) is 42.0 Å². The third kappa shape index (κ3) is 5.09. The van der Waals surface area contributed by atoms with Crippen LogP contribution in [0, 0.1) is 0 Å². The summed E-state index contributed by atoms with van der Waals surface area (Å²) in [6.45, 7) is 7.93. The van der Waals surface area contributed by atoms with Crippen LogP contribution in [0.5, 0.6) is 0 Å². The molecule has 2 fully saturated rings. The van der Waals surface area contributed by atoms with Crippen LogP contribution in [-0.4, -0.2) is 73.7 Å². The average Bonchev–Trinajstić information content (AvgIpc) is 2.90. The zero-order valence-electron chi connectivity index (χ0n) is 15.1. The van der Waals surface area contributed by atoms with Gasteiger partial charge in [-0.3, -0.25) is 9.80 Å². The Kier molecular flexibility index (Phi) is 6.25. The molecule has 2 aliphatic rings. The summed E-state index contributed by atoms with van der Waals surface area (Å²) in [6.07, 6.45) is 2.21. The topological polar surface area (TPSA) is 40.6 Å². The lowest BCUT2D eigenvalue weighted by atomic mass is 10.0. The molecule has 0 bridgehead atoms. The van der Waals surface area contributed by atoms with E-state index in [-0.39, 0.29) is 12.1 Å². The molecule has 1 aromatic rings. The number of allylic oxidation sites excluding steroid dienone is 1. The van der Waals surface area contributed by atoms with Gasteiger partial charge >= 0.3 is 0 Å². The molecule has 3 rings (SSSR count). The molecule has 0 saturated carbocycles. The fourth-order valence-electron chi connectivity index (χ4n) is 3.70. The second-order valence-corrected chi connectivity index (χ2v) is 10.5. The van der Waals surface area contributed by atoms with Gasteiger partial charge in [-0.15, -0.1) is 11.8 Å². The smallest absolute Gasteiger partial charge is 0.153 e. The maximum Gasteiger partial charge on any atom is 0.153 e. The highest BCUT2D eigenvalue weighted by Crippen LogP contribution is 2.28. The summed E-state index contributed by atoms with van der Waals surface area (Å²) in [5, 5.41) is 0. The predicted molar refractivity (Wildman–Crippen MR) is 106 cm³/mol. The first-order chi connectivity index (χ1) is 11.9. The first kappa shape index (κ1) is 19.0. The van der Waals surface area contributed by atoms with Crippen molar-refractivity contribution in [1.29, 1.82) is 0 Å². The molecule has 0 aromatic heterocycles. The van der Waals surface area contributed by atoms with E-state index in [9.17, 15) is 8.42 Å². The largest absolute Gasteiger partial charge is 0.296 e. The molecule has 138 valence electrons. The molecule has 0 unspecified atom stereocenters. The molecule has 0 N–H and O–H groups in total. The van der Waals surface area contributed by atoms with Crippen molar-refractivity contribution in [1.82, 2.24) is 9.80 Å². The van der Waals surface area contributed by atoms with Crippen molar-refractivity contribution in [3.63, 3.8) is 0 Å². The normalized spacial score (nSPS) is 26.3. The van der Waals surface area contributed by atoms with Crippen LogP contribution in [0.4, 0.5) is 0 Å². The summed E-state index contributed by atoms with van der Waals surface area (Å²) in [7, 11) is -2.92. The van der Waals surface area contributed by atoms with Crippen LogP contribution in [0.25, 0.3) is 0 Å². The van der Waals surface area contributed by atoms with Crippen molar-refractivity contribution < 1.29 is 8.42 Å². The summed E-state index contributed by atoms with van der Waals surface area (Å²) in [5.74, 6) is 1.64. The monoisotopic (exact) mass is 380 g/mol. The Morgan fingerprint density at radius 3 is 2.44 bits per heavy atom. The van der Waals surface area contributed by atoms with Crippen molar-refractivity contribution in [2.45, 2.75) is 30.8 Å². The maximum atomic E-state index is 12.2. The number of thioether (sulfide) groups is 1. The number of fused-ring (bicyclic) bond motifs is 1. The van der Waals surface area contributed by atoms with Gasteiger partial charge in [0.2, 0.25) is 0 Å². The molecule has 0 amide bonds. The van der Waals surface area contributed by atoms with E-state index in [0.29, 0.717) is 11.5 Å². The molecular formula is C19H28N2O2S2. The quantitative estimate of drug-likeness (QED) is 0.560. The van der Waals surface area contributed by atoms with Crippen molar-refractivity contribution in [3.8, 4) is 0 Å². The predicted octanol–water partition coefficient (Wildman–Crippen LogP) is 2.53. The Morgan fingerprint density at radius 2 is 1.76 bits per heavy atom. The van der Waals surface area contributed by atoms with E-state index < -0.39 is 9.84 Å². The zero-order chi connectivity index (χ0) is 17.9. The van der Waals surface area contributed by atoms with Gasteiger partial charge < -0.3 is 0 Å². The van der Waals surface area contributed by atoms with Crippen LogP contribution in [0.3, 0.4) is 0 Å². The SMILES string of the molecule is CC(C)=CCN1CCN(CCSc2ccccc2)[C@H]2CS(=O)(=O)C[C@H]21. The summed E-state index contributed by atoms with van der Waals surface area (Å²) in [4.78, 5) is 6.05. The highest BCUT2D eigenvalue weighted by atomic mass is 32.2. The standard InChI is InChI=1S/C19H28N2O2S2/c1-16(2)8-9-20-10-11-21(19-15-25(22,23)14-18(19)20)12-13-24-17-6-4-3-5-7-17/h3-8,18-19H,9-15H2,1-2H3/t18-,19+/m1/s1. The minimum absolute atomic E-state index is 0.149. The van der Waals surface area contributed by atoms with Crippen molar-refractivity contribution >= 4 is 21.6 Å². The third-order valence-corrected chi connectivity index (χ3v) is 7.72. The van der Waals surface area contributed by atoms with E-state index >= 15 is 0 Å². The van der Waals surface area contributed by atoms with Gasteiger partial charge in [0.15, 0.2) is 9.84 Å².